The molecule has 2 aromatic rings. The van der Waals surface area contributed by atoms with Crippen molar-refractivity contribution >= 4 is 0 Å². The summed E-state index contributed by atoms with van der Waals surface area (Å²) in [5, 5.41) is 10.5. The first kappa shape index (κ1) is 15.2. The van der Waals surface area contributed by atoms with E-state index >= 15 is 0 Å². The summed E-state index contributed by atoms with van der Waals surface area (Å²) in [5.41, 5.74) is 3.26. The number of rotatable bonds is 3. The van der Waals surface area contributed by atoms with E-state index in [0.29, 0.717) is 12.2 Å². The number of benzene rings is 1. The van der Waals surface area contributed by atoms with E-state index in [4.69, 9.17) is 9.15 Å². The molecule has 21 heavy (non-hydrogen) atoms. The van der Waals surface area contributed by atoms with Crippen LogP contribution < -0.4 is 10.4 Å². The van der Waals surface area contributed by atoms with Crippen molar-refractivity contribution in [2.75, 3.05) is 6.61 Å². The van der Waals surface area contributed by atoms with Crippen molar-refractivity contribution in [2.45, 2.75) is 34.6 Å². The highest BCUT2D eigenvalue weighted by Crippen LogP contribution is 2.39. The van der Waals surface area contributed by atoms with Gasteiger partial charge in [-0.3, -0.25) is 0 Å². The van der Waals surface area contributed by atoms with Gasteiger partial charge in [-0.15, -0.1) is 0 Å². The molecular weight excluding hydrogens is 268 g/mol. The van der Waals surface area contributed by atoms with Crippen LogP contribution in [0.5, 0.6) is 11.5 Å². The number of aryl methyl sites for hydroxylation is 4. The van der Waals surface area contributed by atoms with E-state index in [1.54, 1.807) is 6.92 Å². The van der Waals surface area contributed by atoms with Crippen molar-refractivity contribution in [2.24, 2.45) is 0 Å². The Morgan fingerprint density at radius 3 is 2.19 bits per heavy atom. The first-order chi connectivity index (χ1) is 9.86. The van der Waals surface area contributed by atoms with Crippen molar-refractivity contribution in [3.8, 4) is 22.6 Å². The second-order valence-electron chi connectivity index (χ2n) is 5.21. The molecule has 1 aromatic carbocycles. The van der Waals surface area contributed by atoms with Gasteiger partial charge in [0.1, 0.15) is 5.56 Å². The van der Waals surface area contributed by atoms with Gasteiger partial charge in [-0.1, -0.05) is 17.7 Å². The van der Waals surface area contributed by atoms with Crippen LogP contribution in [0.15, 0.2) is 21.3 Å². The predicted molar refractivity (Wildman–Crippen MR) is 82.2 cm³/mol. The Kier molecular flexibility index (Phi) is 4.07. The molecule has 1 aromatic heterocycles. The molecule has 4 nitrogen and oxygen atoms in total. The monoisotopic (exact) mass is 288 g/mol. The summed E-state index contributed by atoms with van der Waals surface area (Å²) in [5.74, 6) is 0.359. The lowest BCUT2D eigenvalue weighted by Crippen LogP contribution is -2.09. The third-order valence-electron chi connectivity index (χ3n) is 3.44. The van der Waals surface area contributed by atoms with Gasteiger partial charge in [0.05, 0.1) is 6.61 Å². The fourth-order valence-electron chi connectivity index (χ4n) is 2.72. The largest absolute Gasteiger partial charge is 0.504 e. The maximum absolute atomic E-state index is 12.2. The van der Waals surface area contributed by atoms with E-state index in [1.807, 2.05) is 39.8 Å². The molecular formula is C17H20O4. The average molecular weight is 288 g/mol. The van der Waals surface area contributed by atoms with Gasteiger partial charge in [0.25, 0.3) is 0 Å². The van der Waals surface area contributed by atoms with Crippen molar-refractivity contribution < 1.29 is 14.3 Å². The maximum Gasteiger partial charge on any atom is 0.347 e. The summed E-state index contributed by atoms with van der Waals surface area (Å²) in [4.78, 5) is 12.2. The van der Waals surface area contributed by atoms with Gasteiger partial charge in [0.15, 0.2) is 17.3 Å². The summed E-state index contributed by atoms with van der Waals surface area (Å²) < 4.78 is 10.6. The zero-order valence-electron chi connectivity index (χ0n) is 13.0. The molecule has 1 N–H and O–H groups in total. The normalized spacial score (nSPS) is 10.7. The highest BCUT2D eigenvalue weighted by Gasteiger charge is 2.22. The Morgan fingerprint density at radius 2 is 1.67 bits per heavy atom. The molecule has 0 aliphatic heterocycles. The molecule has 0 aliphatic carbocycles. The van der Waals surface area contributed by atoms with Gasteiger partial charge in [-0.25, -0.2) is 4.79 Å². The van der Waals surface area contributed by atoms with Gasteiger partial charge in [0.2, 0.25) is 0 Å². The fourth-order valence-corrected chi connectivity index (χ4v) is 2.72. The lowest BCUT2D eigenvalue weighted by Gasteiger charge is -2.15. The van der Waals surface area contributed by atoms with Crippen LogP contribution in [-0.4, -0.2) is 11.7 Å². The summed E-state index contributed by atoms with van der Waals surface area (Å²) in [7, 11) is 0. The second-order valence-corrected chi connectivity index (χ2v) is 5.21. The van der Waals surface area contributed by atoms with Crippen LogP contribution in [0.2, 0.25) is 0 Å². The lowest BCUT2D eigenvalue weighted by molar-refractivity contribution is 0.295. The quantitative estimate of drug-likeness (QED) is 0.936. The lowest BCUT2D eigenvalue weighted by atomic mass is 9.94. The van der Waals surface area contributed by atoms with Crippen LogP contribution in [-0.2, 0) is 0 Å². The molecule has 0 fully saturated rings. The van der Waals surface area contributed by atoms with Gasteiger partial charge >= 0.3 is 5.63 Å². The highest BCUT2D eigenvalue weighted by molar-refractivity contribution is 5.77. The van der Waals surface area contributed by atoms with Crippen LogP contribution >= 0.6 is 0 Å². The molecule has 0 unspecified atom stereocenters. The van der Waals surface area contributed by atoms with E-state index in [-0.39, 0.29) is 22.8 Å². The Bertz CT molecular complexity index is 718. The van der Waals surface area contributed by atoms with Gasteiger partial charge < -0.3 is 14.3 Å². The molecule has 0 spiro atoms. The first-order valence-corrected chi connectivity index (χ1v) is 6.94. The molecule has 0 saturated heterocycles. The molecule has 1 heterocycles. The van der Waals surface area contributed by atoms with Crippen molar-refractivity contribution in [1.29, 1.82) is 0 Å². The Morgan fingerprint density at radius 1 is 1.10 bits per heavy atom. The summed E-state index contributed by atoms with van der Waals surface area (Å²) in [6.45, 7) is 9.61. The number of hydrogen-bond acceptors (Lipinski definition) is 4. The Hall–Kier alpha value is -2.23. The average Bonchev–Trinajstić information content (AvgIpc) is 2.37. The summed E-state index contributed by atoms with van der Waals surface area (Å²) >= 11 is 0. The van der Waals surface area contributed by atoms with E-state index in [0.717, 1.165) is 16.7 Å². The van der Waals surface area contributed by atoms with Crippen molar-refractivity contribution in [3.63, 3.8) is 0 Å². The SMILES string of the molecule is CCOc1c(C)oc(=O)c(-c2c(C)cc(C)cc2C)c1O. The summed E-state index contributed by atoms with van der Waals surface area (Å²) in [6.07, 6.45) is 0. The standard InChI is InChI=1S/C17H20O4/c1-6-20-16-12(5)21-17(19)14(15(16)18)13-10(3)7-9(2)8-11(13)4/h7-8,18H,6H2,1-5H3. The zero-order valence-corrected chi connectivity index (χ0v) is 13.0. The Balaban J connectivity index is 2.82. The summed E-state index contributed by atoms with van der Waals surface area (Å²) in [6, 6.07) is 3.95. The van der Waals surface area contributed by atoms with Gasteiger partial charge in [0, 0.05) is 0 Å². The van der Waals surface area contributed by atoms with Crippen LogP contribution in [0, 0.1) is 27.7 Å². The molecule has 0 amide bonds. The number of hydrogen-bond donors (Lipinski definition) is 1. The van der Waals surface area contributed by atoms with E-state index in [1.165, 1.54) is 0 Å². The number of aromatic hydroxyl groups is 1. The van der Waals surface area contributed by atoms with E-state index in [2.05, 4.69) is 0 Å². The molecule has 2 rings (SSSR count). The molecule has 0 saturated carbocycles. The van der Waals surface area contributed by atoms with Crippen LogP contribution in [0.4, 0.5) is 0 Å². The highest BCUT2D eigenvalue weighted by atomic mass is 16.5. The van der Waals surface area contributed by atoms with E-state index in [9.17, 15) is 9.90 Å². The molecule has 112 valence electrons. The molecule has 0 bridgehead atoms. The Labute approximate surface area is 124 Å². The smallest absolute Gasteiger partial charge is 0.347 e. The van der Waals surface area contributed by atoms with Crippen LogP contribution in [0.25, 0.3) is 11.1 Å². The van der Waals surface area contributed by atoms with Gasteiger partial charge in [-0.2, -0.15) is 0 Å². The zero-order chi connectivity index (χ0) is 15.7. The number of ether oxygens (including phenoxy) is 1. The molecule has 0 atom stereocenters. The third-order valence-corrected chi connectivity index (χ3v) is 3.44. The van der Waals surface area contributed by atoms with Crippen molar-refractivity contribution in [3.05, 3.63) is 45.0 Å². The topological polar surface area (TPSA) is 59.7 Å². The third kappa shape index (κ3) is 2.66. The minimum Gasteiger partial charge on any atom is -0.504 e. The van der Waals surface area contributed by atoms with Crippen LogP contribution in [0.3, 0.4) is 0 Å². The molecule has 0 aliphatic rings. The van der Waals surface area contributed by atoms with E-state index < -0.39 is 5.63 Å². The van der Waals surface area contributed by atoms with Gasteiger partial charge in [-0.05, 0) is 51.3 Å². The maximum atomic E-state index is 12.2. The predicted octanol–water partition coefficient (Wildman–Crippen LogP) is 3.64. The molecule has 0 radical (unpaired) electrons. The first-order valence-electron chi connectivity index (χ1n) is 6.94. The van der Waals surface area contributed by atoms with Crippen LogP contribution in [0.1, 0.15) is 29.4 Å². The molecule has 4 heteroatoms. The second kappa shape index (κ2) is 5.64. The minimum atomic E-state index is -0.552. The minimum absolute atomic E-state index is 0.152. The van der Waals surface area contributed by atoms with Crippen molar-refractivity contribution in [1.82, 2.24) is 0 Å². The fraction of sp³-hybridized carbons (Fsp3) is 0.353.